The normalized spacial score (nSPS) is 11.2. The van der Waals surface area contributed by atoms with E-state index in [4.69, 9.17) is 5.11 Å². The number of hydrogen-bond donors (Lipinski definition) is 1. The smallest absolute Gasteiger partial charge is 0.336 e. The van der Waals surface area contributed by atoms with E-state index in [1.54, 1.807) is 12.1 Å². The highest BCUT2D eigenvalue weighted by Crippen LogP contribution is 2.22. The van der Waals surface area contributed by atoms with Crippen molar-refractivity contribution in [2.45, 2.75) is 29.1 Å². The molecule has 2 rings (SSSR count). The molecule has 0 amide bonds. The minimum absolute atomic E-state index is 0.334. The second kappa shape index (κ2) is 15.3. The van der Waals surface area contributed by atoms with Crippen LogP contribution in [0.2, 0.25) is 0 Å². The standard InChI is InChI=1S/C26H26O2S2/c27-26(28)24-19-13-14-20-25(24)30-22-16-9-7-5-3-1-2-4-6-8-15-21-29-23-17-11-10-12-18-23/h2-5,8,10-15,17-20H,1,6-7,21-22H2,(H,27,28)/b4-2-,5-3-,15-8-. The average Bonchev–Trinajstić information content (AvgIpc) is 2.77. The minimum Gasteiger partial charge on any atom is -0.478 e. The zero-order valence-corrected chi connectivity index (χ0v) is 18.5. The molecular weight excluding hydrogens is 408 g/mol. The first-order chi connectivity index (χ1) is 14.8. The van der Waals surface area contributed by atoms with Gasteiger partial charge in [-0.2, -0.15) is 0 Å². The Morgan fingerprint density at radius 3 is 2.23 bits per heavy atom. The van der Waals surface area contributed by atoms with Crippen LogP contribution in [0.25, 0.3) is 0 Å². The van der Waals surface area contributed by atoms with Crippen LogP contribution >= 0.6 is 23.5 Å². The van der Waals surface area contributed by atoms with Gasteiger partial charge in [-0.1, -0.05) is 78.6 Å². The average molecular weight is 435 g/mol. The SMILES string of the molecule is O=C(O)c1ccccc1SCC#CC/C=C\C/C=C\C/C=C\CSc1ccccc1. The lowest BCUT2D eigenvalue weighted by Crippen LogP contribution is -1.98. The fraction of sp³-hybridized carbons (Fsp3) is 0.192. The van der Waals surface area contributed by atoms with Gasteiger partial charge in [0, 0.05) is 22.0 Å². The zero-order valence-electron chi connectivity index (χ0n) is 16.9. The molecule has 0 atom stereocenters. The van der Waals surface area contributed by atoms with Crippen molar-refractivity contribution in [2.24, 2.45) is 0 Å². The number of benzene rings is 2. The summed E-state index contributed by atoms with van der Waals surface area (Å²) >= 11 is 3.30. The molecule has 154 valence electrons. The second-order valence-electron chi connectivity index (χ2n) is 6.16. The van der Waals surface area contributed by atoms with Gasteiger partial charge < -0.3 is 5.11 Å². The van der Waals surface area contributed by atoms with Crippen LogP contribution in [0, 0.1) is 11.8 Å². The molecule has 2 nitrogen and oxygen atoms in total. The lowest BCUT2D eigenvalue weighted by Gasteiger charge is -2.01. The maximum atomic E-state index is 11.2. The van der Waals surface area contributed by atoms with Gasteiger partial charge in [-0.25, -0.2) is 4.79 Å². The van der Waals surface area contributed by atoms with E-state index >= 15 is 0 Å². The first-order valence-electron chi connectivity index (χ1n) is 9.81. The van der Waals surface area contributed by atoms with Gasteiger partial charge in [-0.3, -0.25) is 0 Å². The number of hydrogen-bond acceptors (Lipinski definition) is 3. The third-order valence-electron chi connectivity index (χ3n) is 3.90. The van der Waals surface area contributed by atoms with Gasteiger partial charge in [0.05, 0.1) is 11.3 Å². The Morgan fingerprint density at radius 1 is 0.800 bits per heavy atom. The molecule has 0 saturated carbocycles. The highest BCUT2D eigenvalue weighted by molar-refractivity contribution is 7.99. The predicted octanol–water partition coefficient (Wildman–Crippen LogP) is 7.11. The molecular formula is C26H26O2S2. The van der Waals surface area contributed by atoms with Crippen LogP contribution in [0.15, 0.2) is 101 Å². The third-order valence-corrected chi connectivity index (χ3v) is 5.82. The van der Waals surface area contributed by atoms with Gasteiger partial charge in [0.25, 0.3) is 0 Å². The van der Waals surface area contributed by atoms with E-state index < -0.39 is 5.97 Å². The van der Waals surface area contributed by atoms with Gasteiger partial charge in [-0.15, -0.1) is 23.5 Å². The third kappa shape index (κ3) is 10.2. The summed E-state index contributed by atoms with van der Waals surface area (Å²) in [4.78, 5) is 13.2. The molecule has 2 aromatic rings. The molecule has 0 spiro atoms. The van der Waals surface area contributed by atoms with E-state index in [0.717, 1.165) is 23.5 Å². The molecule has 2 aromatic carbocycles. The van der Waals surface area contributed by atoms with Crippen LogP contribution in [-0.4, -0.2) is 22.6 Å². The highest BCUT2D eigenvalue weighted by atomic mass is 32.2. The van der Waals surface area contributed by atoms with Crippen molar-refractivity contribution in [1.29, 1.82) is 0 Å². The Bertz CT molecular complexity index is 919. The van der Waals surface area contributed by atoms with Crippen molar-refractivity contribution in [3.63, 3.8) is 0 Å². The van der Waals surface area contributed by atoms with Crippen LogP contribution in [-0.2, 0) is 0 Å². The zero-order chi connectivity index (χ0) is 21.3. The Morgan fingerprint density at radius 2 is 1.47 bits per heavy atom. The molecule has 0 unspecified atom stereocenters. The minimum atomic E-state index is -0.899. The van der Waals surface area contributed by atoms with Crippen LogP contribution in [0.4, 0.5) is 0 Å². The van der Waals surface area contributed by atoms with Crippen molar-refractivity contribution in [2.75, 3.05) is 11.5 Å². The number of thioether (sulfide) groups is 2. The molecule has 1 N–H and O–H groups in total. The summed E-state index contributed by atoms with van der Waals surface area (Å²) in [5.41, 5.74) is 0.334. The van der Waals surface area contributed by atoms with Gasteiger partial charge in [0.15, 0.2) is 0 Å². The molecule has 0 saturated heterocycles. The lowest BCUT2D eigenvalue weighted by molar-refractivity contribution is 0.0693. The van der Waals surface area contributed by atoms with E-state index in [-0.39, 0.29) is 0 Å². The van der Waals surface area contributed by atoms with Gasteiger partial charge >= 0.3 is 5.97 Å². The Kier molecular flexibility index (Phi) is 12.0. The van der Waals surface area contributed by atoms with E-state index in [9.17, 15) is 4.79 Å². The Labute approximate surface area is 188 Å². The molecule has 0 heterocycles. The second-order valence-corrected chi connectivity index (χ2v) is 8.27. The topological polar surface area (TPSA) is 37.3 Å². The molecule has 0 aliphatic carbocycles. The quantitative estimate of drug-likeness (QED) is 0.232. The summed E-state index contributed by atoms with van der Waals surface area (Å²) in [5, 5.41) is 9.16. The van der Waals surface area contributed by atoms with Gasteiger partial charge in [-0.05, 0) is 37.1 Å². The largest absolute Gasteiger partial charge is 0.478 e. The maximum absolute atomic E-state index is 11.2. The summed E-state index contributed by atoms with van der Waals surface area (Å²) in [6.45, 7) is 0. The van der Waals surface area contributed by atoms with E-state index in [2.05, 4.69) is 72.6 Å². The van der Waals surface area contributed by atoms with Crippen molar-refractivity contribution in [3.8, 4) is 11.8 Å². The lowest BCUT2D eigenvalue weighted by atomic mass is 10.2. The summed E-state index contributed by atoms with van der Waals surface area (Å²) < 4.78 is 0. The number of carboxylic acid groups (broad SMARTS) is 1. The molecule has 0 bridgehead atoms. The summed E-state index contributed by atoms with van der Waals surface area (Å²) in [6.07, 6.45) is 15.5. The first-order valence-corrected chi connectivity index (χ1v) is 11.8. The monoisotopic (exact) mass is 434 g/mol. The van der Waals surface area contributed by atoms with Crippen LogP contribution in [0.5, 0.6) is 0 Å². The molecule has 0 aliphatic heterocycles. The number of carbonyl (C=O) groups is 1. The van der Waals surface area contributed by atoms with Crippen molar-refractivity contribution >= 4 is 29.5 Å². The summed E-state index contributed by atoms with van der Waals surface area (Å²) in [7, 11) is 0. The maximum Gasteiger partial charge on any atom is 0.336 e. The Hall–Kier alpha value is -2.61. The fourth-order valence-corrected chi connectivity index (χ4v) is 4.01. The van der Waals surface area contributed by atoms with E-state index in [1.807, 2.05) is 30.0 Å². The van der Waals surface area contributed by atoms with Crippen LogP contribution < -0.4 is 0 Å². The number of allylic oxidation sites excluding steroid dienone is 5. The van der Waals surface area contributed by atoms with Crippen molar-refractivity contribution in [1.82, 2.24) is 0 Å². The van der Waals surface area contributed by atoms with Crippen LogP contribution in [0.1, 0.15) is 29.6 Å². The number of rotatable bonds is 11. The Balaban J connectivity index is 1.53. The highest BCUT2D eigenvalue weighted by Gasteiger charge is 2.08. The number of carboxylic acids is 1. The van der Waals surface area contributed by atoms with Gasteiger partial charge in [0.2, 0.25) is 0 Å². The molecule has 0 aromatic heterocycles. The summed E-state index contributed by atoms with van der Waals surface area (Å²) in [6, 6.07) is 17.4. The first kappa shape index (κ1) is 23.7. The molecule has 0 aliphatic rings. The van der Waals surface area contributed by atoms with E-state index in [0.29, 0.717) is 17.7 Å². The molecule has 4 heteroatoms. The molecule has 0 fully saturated rings. The van der Waals surface area contributed by atoms with E-state index in [1.165, 1.54) is 16.7 Å². The number of aromatic carboxylic acids is 1. The molecule has 30 heavy (non-hydrogen) atoms. The molecule has 0 radical (unpaired) electrons. The van der Waals surface area contributed by atoms with Crippen LogP contribution in [0.3, 0.4) is 0 Å². The fourth-order valence-electron chi connectivity index (χ4n) is 2.42. The summed E-state index contributed by atoms with van der Waals surface area (Å²) in [5.74, 6) is 6.87. The predicted molar refractivity (Wildman–Crippen MR) is 130 cm³/mol. The van der Waals surface area contributed by atoms with Crippen molar-refractivity contribution in [3.05, 3.63) is 96.6 Å². The van der Waals surface area contributed by atoms with Crippen molar-refractivity contribution < 1.29 is 9.90 Å². The van der Waals surface area contributed by atoms with Gasteiger partial charge in [0.1, 0.15) is 0 Å².